The molecule has 38 nitrogen and oxygen atoms in total. The third-order valence-electron chi connectivity index (χ3n) is 21.6. The fraction of sp³-hybridized carbons (Fsp3) is 0.387. The Labute approximate surface area is 876 Å². The summed E-state index contributed by atoms with van der Waals surface area (Å²) in [6.45, 7) is 25.6. The van der Waals surface area contributed by atoms with E-state index in [1.807, 2.05) is 90.3 Å². The topological polar surface area (TPSA) is 443 Å². The fourth-order valence-corrected chi connectivity index (χ4v) is 19.1. The maximum atomic E-state index is 13.5. The van der Waals surface area contributed by atoms with E-state index in [1.165, 1.54) is 79.5 Å². The molecule has 6 aliphatic heterocycles. The summed E-state index contributed by atoms with van der Waals surface area (Å²) in [7, 11) is 0. The summed E-state index contributed by atoms with van der Waals surface area (Å²) in [5.74, 6) is -8.89. The Balaban J connectivity index is 0.000000176. The van der Waals surface area contributed by atoms with E-state index >= 15 is 0 Å². The van der Waals surface area contributed by atoms with Crippen LogP contribution in [0.5, 0.6) is 5.75 Å². The van der Waals surface area contributed by atoms with E-state index < -0.39 is 75.0 Å². The molecule has 3 fully saturated rings. The molecule has 9 aromatic heterocycles. The Morgan fingerprint density at radius 1 is 0.552 bits per heavy atom. The molecule has 3 N–H and O–H groups in total. The number of thiazole rings is 6. The second-order valence-corrected chi connectivity index (χ2v) is 41.1. The number of benzene rings is 3. The molecule has 3 saturated heterocycles. The van der Waals surface area contributed by atoms with Crippen LogP contribution < -0.4 is 30.5 Å². The number of ether oxygens (including phenoxy) is 5. The van der Waals surface area contributed by atoms with Crippen LogP contribution in [-0.4, -0.2) is 208 Å². The number of para-hydroxylation sites is 1. The number of amides is 8. The van der Waals surface area contributed by atoms with Crippen LogP contribution in [0.4, 0.5) is 68.3 Å². The Kier molecular flexibility index (Phi) is 42.3. The summed E-state index contributed by atoms with van der Waals surface area (Å²) < 4.78 is 111. The number of esters is 2. The number of nitro groups is 1. The van der Waals surface area contributed by atoms with Gasteiger partial charge in [0.25, 0.3) is 0 Å². The van der Waals surface area contributed by atoms with Crippen LogP contribution in [0.15, 0.2) is 150 Å². The average Bonchev–Trinajstić information content (AvgIpc) is 1.62. The maximum absolute atomic E-state index is 13.5. The quantitative estimate of drug-likeness (QED) is 0.00686. The van der Waals surface area contributed by atoms with Crippen molar-refractivity contribution in [2.45, 2.75) is 194 Å². The zero-order valence-corrected chi connectivity index (χ0v) is 88.0. The number of nitrogens with zero attached hydrogens (tertiary/aromatic N) is 18. The predicted molar refractivity (Wildman–Crippen MR) is 534 cm³/mol. The molecule has 0 bridgehead atoms. The van der Waals surface area contributed by atoms with Gasteiger partial charge < -0.3 is 49.0 Å². The number of rotatable bonds is 18. The Hall–Kier alpha value is -12.9. The van der Waals surface area contributed by atoms with Crippen LogP contribution in [0, 0.1) is 48.6 Å². The van der Waals surface area contributed by atoms with Gasteiger partial charge in [-0.05, 0) is 117 Å². The number of nitrogens with one attached hydrogen (secondary N) is 3. The van der Waals surface area contributed by atoms with Crippen molar-refractivity contribution in [1.29, 1.82) is 0 Å². The average molecular weight is 2280 g/mol. The first-order valence-electron chi connectivity index (χ1n) is 44.6. The van der Waals surface area contributed by atoms with E-state index in [9.17, 15) is 84.4 Å². The minimum Gasteiger partial charge on any atom is -0.466 e. The number of aromatic nitrogens is 12. The molecule has 18 rings (SSSR count). The molecule has 0 aliphatic carbocycles. The van der Waals surface area contributed by atoms with E-state index in [0.29, 0.717) is 99.4 Å². The maximum Gasteiger partial charge on any atom is 0.417 e. The van der Waals surface area contributed by atoms with Gasteiger partial charge in [-0.15, -0.1) is 68.0 Å². The minimum absolute atomic E-state index is 0. The predicted octanol–water partition coefficient (Wildman–Crippen LogP) is 17.9. The summed E-state index contributed by atoms with van der Waals surface area (Å²) in [6.07, 6.45) is 19.3. The van der Waals surface area contributed by atoms with E-state index in [-0.39, 0.29) is 126 Å². The SMILES string of the molecule is CCOC(=O)/C=C/c1cncs1.CCOC(=O)CC(C[N+](=O)[O-])c1cncs1.C[C@H]1Cn2ncc(I)c2CN1C(=O)OC(C)(C)C.C[C@H]1Cn2ncc(N3CC(c4cncs4)CC3=O)c2CN1C(=O)Nc1cc(F)c(F)c(F)c1.C[C@H]1Cn2ncc(N3CC(c4cncs4)CC3=O)c2CN1C(=O)OC(C)(C)C.O=C(Nc1cc(F)c(F)c(F)c1)Oc1ccccc1.O=C1CC(c2cncs2)CN1.O=Cc1cncs1.[Fe]. The van der Waals surface area contributed by atoms with Gasteiger partial charge in [0.2, 0.25) is 24.3 Å². The second kappa shape index (κ2) is 53.8. The van der Waals surface area contributed by atoms with Crippen LogP contribution in [0.3, 0.4) is 0 Å². The standard InChI is InChI=1S/C21H19F3N6O2S.C19H25N5O3S.C13H8F3NO2.C12H18IN3O2.C9H12N2O4S.C8H9NO2S.C7H8N2OS.C4H3NOS.Fe/c1-11-7-30-17(9-28(11)21(32)27-13-3-14(22)20(24)15(23)4-13)16(5-26-30)29-8-12(2-19(29)31)18-6-25-10-33-18;1-12-8-24-15(10-22(12)18(26)27-19(2,3)4)14(6-21-24)23-9-13(5-17(23)25)16-7-20-11-28-16;14-10-6-8(7-11(15)12(10)16)17-13(18)19-9-4-2-1-3-5-9;1-8-6-16-10(9(13)5-14-16)7-15(8)11(17)18-12(2,3)4;1-2-15-9(12)3-7(5-11(13)14)8-4-10-6-16-8;1-2-11-8(10)4-3-7-5-9-6-12-7;10-7-1-5(2-9-7)6-3-8-4-11-6;6-2-4-1-5-3-7-4;/h3-6,10-12H,2,7-9H2,1H3,(H,27,32);6-7,11-13H,5,8-10H2,1-4H3;1-7H,(H,17,18);5,8H,6-7H2,1-4H3;4,6-7H,2-3,5H2,1H3;3-6H,2H2,1H3;3-5H,1-2H2,(H,9,10);1-3H;/b;;;;;4-3+;;;/t11-,12?;12-,13?;;8-;;;;;/m00.0...../s1. The van der Waals surface area contributed by atoms with E-state index in [0.717, 1.165) is 71.7 Å². The molecule has 7 atom stereocenters. The van der Waals surface area contributed by atoms with Crippen LogP contribution in [0.2, 0.25) is 0 Å². The van der Waals surface area contributed by atoms with Crippen LogP contribution in [0.1, 0.15) is 177 Å². The van der Waals surface area contributed by atoms with Gasteiger partial charge >= 0.3 is 36.2 Å². The Morgan fingerprint density at radius 2 is 0.986 bits per heavy atom. The fourth-order valence-electron chi connectivity index (χ4n) is 14.8. The van der Waals surface area contributed by atoms with E-state index in [2.05, 4.69) is 83.7 Å². The third kappa shape index (κ3) is 33.3. The van der Waals surface area contributed by atoms with Gasteiger partial charge in [0, 0.05) is 176 Å². The van der Waals surface area contributed by atoms with Crippen molar-refractivity contribution in [3.05, 3.63) is 244 Å². The number of hydrogen-bond donors (Lipinski definition) is 3. The molecule has 145 heavy (non-hydrogen) atoms. The molecule has 8 amide bonds. The Morgan fingerprint density at radius 3 is 1.41 bits per heavy atom. The first-order chi connectivity index (χ1) is 68.6. The summed E-state index contributed by atoms with van der Waals surface area (Å²) in [6, 6.07) is 10.1. The molecule has 4 unspecified atom stereocenters. The van der Waals surface area contributed by atoms with Crippen molar-refractivity contribution < 1.29 is 120 Å². The van der Waals surface area contributed by atoms with Crippen molar-refractivity contribution in [3.8, 4) is 5.75 Å². The first-order valence-corrected chi connectivity index (χ1v) is 50.9. The monoisotopic (exact) mass is 2270 g/mol. The zero-order chi connectivity index (χ0) is 104. The van der Waals surface area contributed by atoms with E-state index in [1.54, 1.807) is 149 Å². The minimum atomic E-state index is -1.60. The first kappa shape index (κ1) is 114. The Bertz CT molecular complexity index is 6320. The van der Waals surface area contributed by atoms with Gasteiger partial charge in [0.1, 0.15) is 17.0 Å². The molecule has 12 aromatic rings. The number of urea groups is 1. The number of carbonyl (C=O) groups is 10. The molecule has 6 aliphatic rings. The number of fused-ring (bicyclic) bond motifs is 3. The summed E-state index contributed by atoms with van der Waals surface area (Å²) in [4.78, 5) is 165. The van der Waals surface area contributed by atoms with Crippen LogP contribution >= 0.6 is 90.6 Å². The van der Waals surface area contributed by atoms with Crippen molar-refractivity contribution in [1.82, 2.24) is 79.3 Å². The van der Waals surface area contributed by atoms with Crippen LogP contribution in [-0.2, 0) is 99.3 Å². The molecular formula is C93H102F6FeIN21O17S6. The molecule has 774 valence electrons. The summed E-state index contributed by atoms with van der Waals surface area (Å²) in [5.41, 5.74) is 12.9. The number of anilines is 4. The molecule has 0 saturated carbocycles. The van der Waals surface area contributed by atoms with Crippen molar-refractivity contribution in [2.75, 3.05) is 59.8 Å². The van der Waals surface area contributed by atoms with Gasteiger partial charge in [0.05, 0.1) is 177 Å². The summed E-state index contributed by atoms with van der Waals surface area (Å²) in [5, 5.41) is 31.0. The molecular weight excluding hydrogens is 2170 g/mol. The van der Waals surface area contributed by atoms with Gasteiger partial charge in [-0.2, -0.15) is 15.3 Å². The van der Waals surface area contributed by atoms with Crippen molar-refractivity contribution >= 4 is 180 Å². The zero-order valence-electron chi connectivity index (χ0n) is 79.9. The number of halogens is 7. The van der Waals surface area contributed by atoms with Crippen molar-refractivity contribution in [2.24, 2.45) is 0 Å². The molecule has 0 spiro atoms. The van der Waals surface area contributed by atoms with Gasteiger partial charge in [0.15, 0.2) is 41.2 Å². The number of aldehydes is 1. The molecule has 15 heterocycles. The van der Waals surface area contributed by atoms with Gasteiger partial charge in [-0.3, -0.25) is 93.2 Å². The molecule has 0 radical (unpaired) electrons. The van der Waals surface area contributed by atoms with Crippen LogP contribution in [0.25, 0.3) is 6.08 Å². The smallest absolute Gasteiger partial charge is 0.417 e. The molecule has 3 aromatic carbocycles. The number of carbonyl (C=O) groups excluding carboxylic acids is 10. The van der Waals surface area contributed by atoms with Gasteiger partial charge in [-0.25, -0.2) is 50.3 Å². The second-order valence-electron chi connectivity index (χ2n) is 34.5. The number of hydrogen-bond acceptors (Lipinski definition) is 32. The largest absolute Gasteiger partial charge is 0.466 e. The summed E-state index contributed by atoms with van der Waals surface area (Å²) >= 11 is 11.1. The van der Waals surface area contributed by atoms with Gasteiger partial charge in [-0.1, -0.05) is 18.2 Å². The normalized spacial score (nSPS) is 17.1. The molecule has 52 heteroatoms. The third-order valence-corrected chi connectivity index (χ3v) is 27.7. The van der Waals surface area contributed by atoms with E-state index in [4.69, 9.17) is 23.7 Å². The van der Waals surface area contributed by atoms with Crippen molar-refractivity contribution in [3.63, 3.8) is 0 Å².